The second kappa shape index (κ2) is 5.41. The fourth-order valence-corrected chi connectivity index (χ4v) is 3.31. The van der Waals surface area contributed by atoms with E-state index in [-0.39, 0.29) is 36.9 Å². The highest BCUT2D eigenvalue weighted by Gasteiger charge is 2.30. The van der Waals surface area contributed by atoms with Gasteiger partial charge in [-0.05, 0) is 18.2 Å². The number of hydrogen-bond acceptors (Lipinski definition) is 5. The summed E-state index contributed by atoms with van der Waals surface area (Å²) in [5, 5.41) is 9.00. The van der Waals surface area contributed by atoms with Crippen molar-refractivity contribution in [3.8, 4) is 0 Å². The summed E-state index contributed by atoms with van der Waals surface area (Å²) < 4.78 is 44.3. The molecular weight excluding hydrogens is 275 g/mol. The molecule has 1 aromatic carbocycles. The number of nitrogen functional groups attached to an aromatic ring is 1. The van der Waals surface area contributed by atoms with Gasteiger partial charge in [0, 0.05) is 13.1 Å². The number of benzene rings is 1. The van der Waals surface area contributed by atoms with Crippen molar-refractivity contribution in [1.29, 1.82) is 0 Å². The summed E-state index contributed by atoms with van der Waals surface area (Å²) in [5.74, 6) is -0.770. The largest absolute Gasteiger partial charge is 0.396 e. The van der Waals surface area contributed by atoms with E-state index >= 15 is 0 Å². The standard InChI is InChI=1S/C11H15FN2O4S/c12-10-5-9(1-2-11(10)13)19(16,17)14-3-4-18-8(6-14)7-15/h1-2,5,8,15H,3-4,6-7,13H2. The van der Waals surface area contributed by atoms with Crippen LogP contribution < -0.4 is 5.73 Å². The number of aliphatic hydroxyl groups excluding tert-OH is 1. The number of rotatable bonds is 3. The fraction of sp³-hybridized carbons (Fsp3) is 0.455. The van der Waals surface area contributed by atoms with Crippen LogP contribution in [0.2, 0.25) is 0 Å². The van der Waals surface area contributed by atoms with Gasteiger partial charge in [0.1, 0.15) is 5.82 Å². The van der Waals surface area contributed by atoms with E-state index in [9.17, 15) is 12.8 Å². The van der Waals surface area contributed by atoms with Gasteiger partial charge >= 0.3 is 0 Å². The smallest absolute Gasteiger partial charge is 0.243 e. The van der Waals surface area contributed by atoms with Crippen LogP contribution in [0.15, 0.2) is 23.1 Å². The highest BCUT2D eigenvalue weighted by atomic mass is 32.2. The van der Waals surface area contributed by atoms with Gasteiger partial charge in [0.2, 0.25) is 10.0 Å². The molecule has 1 unspecified atom stereocenters. The van der Waals surface area contributed by atoms with Gasteiger partial charge in [-0.2, -0.15) is 4.31 Å². The van der Waals surface area contributed by atoms with Crippen molar-refractivity contribution in [3.05, 3.63) is 24.0 Å². The van der Waals surface area contributed by atoms with E-state index in [2.05, 4.69) is 0 Å². The van der Waals surface area contributed by atoms with Crippen LogP contribution in [-0.4, -0.2) is 50.2 Å². The summed E-state index contributed by atoms with van der Waals surface area (Å²) >= 11 is 0. The van der Waals surface area contributed by atoms with Crippen LogP contribution in [0.3, 0.4) is 0 Å². The molecule has 19 heavy (non-hydrogen) atoms. The van der Waals surface area contributed by atoms with Crippen molar-refractivity contribution in [3.63, 3.8) is 0 Å². The first-order valence-corrected chi connectivity index (χ1v) is 7.17. The lowest BCUT2D eigenvalue weighted by molar-refractivity contribution is -0.0304. The van der Waals surface area contributed by atoms with Gasteiger partial charge in [-0.1, -0.05) is 0 Å². The number of hydrogen-bond donors (Lipinski definition) is 2. The fourth-order valence-electron chi connectivity index (χ4n) is 1.84. The topological polar surface area (TPSA) is 92.9 Å². The molecule has 6 nitrogen and oxygen atoms in total. The molecule has 1 aliphatic rings. The Kier molecular flexibility index (Phi) is 4.04. The maximum Gasteiger partial charge on any atom is 0.243 e. The number of sulfonamides is 1. The predicted molar refractivity (Wildman–Crippen MR) is 66.4 cm³/mol. The third kappa shape index (κ3) is 2.86. The summed E-state index contributed by atoms with van der Waals surface area (Å²) in [5.41, 5.74) is 5.21. The highest BCUT2D eigenvalue weighted by Crippen LogP contribution is 2.21. The SMILES string of the molecule is Nc1ccc(S(=O)(=O)N2CCOC(CO)C2)cc1F. The van der Waals surface area contributed by atoms with Crippen LogP contribution in [0.4, 0.5) is 10.1 Å². The Balaban J connectivity index is 2.28. The van der Waals surface area contributed by atoms with Gasteiger partial charge in [-0.25, -0.2) is 12.8 Å². The van der Waals surface area contributed by atoms with E-state index in [0.717, 1.165) is 6.07 Å². The Bertz CT molecular complexity index is 564. The molecule has 0 bridgehead atoms. The summed E-state index contributed by atoms with van der Waals surface area (Å²) in [7, 11) is -3.80. The number of nitrogens with zero attached hydrogens (tertiary/aromatic N) is 1. The molecule has 106 valence electrons. The molecule has 1 aromatic rings. The third-order valence-electron chi connectivity index (χ3n) is 2.91. The molecule has 3 N–H and O–H groups in total. The van der Waals surface area contributed by atoms with Crippen molar-refractivity contribution in [2.75, 3.05) is 32.0 Å². The van der Waals surface area contributed by atoms with Crippen LogP contribution in [-0.2, 0) is 14.8 Å². The van der Waals surface area contributed by atoms with Crippen LogP contribution in [0.1, 0.15) is 0 Å². The normalized spacial score (nSPS) is 21.5. The van der Waals surface area contributed by atoms with E-state index < -0.39 is 21.9 Å². The number of morpholine rings is 1. The van der Waals surface area contributed by atoms with Gasteiger partial charge < -0.3 is 15.6 Å². The molecule has 0 aromatic heterocycles. The molecule has 1 fully saturated rings. The molecule has 1 saturated heterocycles. The number of anilines is 1. The average Bonchev–Trinajstić information content (AvgIpc) is 2.41. The average molecular weight is 290 g/mol. The summed E-state index contributed by atoms with van der Waals surface area (Å²) in [4.78, 5) is -0.155. The van der Waals surface area contributed by atoms with Crippen molar-refractivity contribution >= 4 is 15.7 Å². The first kappa shape index (κ1) is 14.2. The minimum atomic E-state index is -3.80. The number of ether oxygens (including phenoxy) is 1. The Morgan fingerprint density at radius 1 is 1.53 bits per heavy atom. The first-order valence-electron chi connectivity index (χ1n) is 5.73. The Morgan fingerprint density at radius 3 is 2.89 bits per heavy atom. The summed E-state index contributed by atoms with van der Waals surface area (Å²) in [6.07, 6.45) is -0.554. The van der Waals surface area contributed by atoms with Crippen LogP contribution in [0, 0.1) is 5.82 Å². The first-order chi connectivity index (χ1) is 8.95. The van der Waals surface area contributed by atoms with E-state index in [1.165, 1.54) is 16.4 Å². The minimum Gasteiger partial charge on any atom is -0.396 e. The lowest BCUT2D eigenvalue weighted by atomic mass is 10.3. The molecule has 1 heterocycles. The molecule has 0 spiro atoms. The maximum absolute atomic E-state index is 13.3. The van der Waals surface area contributed by atoms with Crippen LogP contribution >= 0.6 is 0 Å². The molecule has 8 heteroatoms. The van der Waals surface area contributed by atoms with Gasteiger partial charge in [0.25, 0.3) is 0 Å². The summed E-state index contributed by atoms with van der Waals surface area (Å²) in [6, 6.07) is 3.37. The predicted octanol–water partition coefficient (Wildman–Crippen LogP) is -0.210. The summed E-state index contributed by atoms with van der Waals surface area (Å²) in [6.45, 7) is 0.152. The molecule has 0 radical (unpaired) electrons. The van der Waals surface area contributed by atoms with Crippen molar-refractivity contribution < 1.29 is 22.7 Å². The monoisotopic (exact) mass is 290 g/mol. The van der Waals surface area contributed by atoms with Gasteiger partial charge in [-0.3, -0.25) is 0 Å². The van der Waals surface area contributed by atoms with E-state index in [0.29, 0.717) is 0 Å². The molecular formula is C11H15FN2O4S. The van der Waals surface area contributed by atoms with E-state index in [1.807, 2.05) is 0 Å². The van der Waals surface area contributed by atoms with Gasteiger partial charge in [0.15, 0.2) is 0 Å². The molecule has 0 aliphatic carbocycles. The van der Waals surface area contributed by atoms with Crippen molar-refractivity contribution in [2.45, 2.75) is 11.0 Å². The third-order valence-corrected chi connectivity index (χ3v) is 4.78. The maximum atomic E-state index is 13.3. The minimum absolute atomic E-state index is 0.0465. The zero-order valence-electron chi connectivity index (χ0n) is 10.1. The Hall–Kier alpha value is -1.22. The quantitative estimate of drug-likeness (QED) is 0.751. The van der Waals surface area contributed by atoms with Gasteiger partial charge in [0.05, 0.1) is 29.9 Å². The molecule has 2 rings (SSSR count). The van der Waals surface area contributed by atoms with Crippen LogP contribution in [0.25, 0.3) is 0 Å². The second-order valence-corrected chi connectivity index (χ2v) is 6.16. The molecule has 0 saturated carbocycles. The van der Waals surface area contributed by atoms with Gasteiger partial charge in [-0.15, -0.1) is 0 Å². The zero-order valence-corrected chi connectivity index (χ0v) is 10.9. The lowest BCUT2D eigenvalue weighted by Crippen LogP contribution is -2.46. The molecule has 1 atom stereocenters. The number of aliphatic hydroxyl groups is 1. The van der Waals surface area contributed by atoms with Crippen molar-refractivity contribution in [2.24, 2.45) is 0 Å². The lowest BCUT2D eigenvalue weighted by Gasteiger charge is -2.31. The van der Waals surface area contributed by atoms with E-state index in [4.69, 9.17) is 15.6 Å². The van der Waals surface area contributed by atoms with E-state index in [1.54, 1.807) is 0 Å². The second-order valence-electron chi connectivity index (χ2n) is 4.22. The highest BCUT2D eigenvalue weighted by molar-refractivity contribution is 7.89. The molecule has 0 amide bonds. The Labute approximate surface area is 110 Å². The van der Waals surface area contributed by atoms with Crippen LogP contribution in [0.5, 0.6) is 0 Å². The Morgan fingerprint density at radius 2 is 2.26 bits per heavy atom. The number of nitrogens with two attached hydrogens (primary N) is 1. The van der Waals surface area contributed by atoms with Crippen molar-refractivity contribution in [1.82, 2.24) is 4.31 Å². The number of halogens is 1. The zero-order chi connectivity index (χ0) is 14.0. The molecule has 1 aliphatic heterocycles.